The molecule has 1 aromatic heterocycles. The summed E-state index contributed by atoms with van der Waals surface area (Å²) in [6.07, 6.45) is 2.07. The summed E-state index contributed by atoms with van der Waals surface area (Å²) in [6, 6.07) is 3.48. The Balaban J connectivity index is 2.78. The van der Waals surface area contributed by atoms with E-state index in [0.29, 0.717) is 11.0 Å². The predicted molar refractivity (Wildman–Crippen MR) is 67.4 cm³/mol. The van der Waals surface area contributed by atoms with Crippen LogP contribution in [0.15, 0.2) is 35.3 Å². The summed E-state index contributed by atoms with van der Waals surface area (Å²) in [7, 11) is 1.39. The van der Waals surface area contributed by atoms with Crippen molar-refractivity contribution in [2.45, 2.75) is 6.54 Å². The predicted octanol–water partition coefficient (Wildman–Crippen LogP) is 1.40. The number of hydrazine groups is 1. The van der Waals surface area contributed by atoms with E-state index in [2.05, 4.69) is 27.5 Å². The van der Waals surface area contributed by atoms with Crippen molar-refractivity contribution in [2.75, 3.05) is 7.05 Å². The van der Waals surface area contributed by atoms with Crippen LogP contribution in [0.25, 0.3) is 0 Å². The SMILES string of the molecule is C=C(N(C)N(C=O)Cc1ccc(Br)nc1)[N+](=O)[O-]. The Hall–Kier alpha value is -1.96. The summed E-state index contributed by atoms with van der Waals surface area (Å²) in [4.78, 5) is 24.8. The van der Waals surface area contributed by atoms with E-state index < -0.39 is 4.92 Å². The van der Waals surface area contributed by atoms with Crippen molar-refractivity contribution in [1.82, 2.24) is 15.0 Å². The lowest BCUT2D eigenvalue weighted by Gasteiger charge is -2.22. The number of carbonyl (C=O) groups is 1. The van der Waals surface area contributed by atoms with Crippen molar-refractivity contribution in [3.8, 4) is 0 Å². The molecule has 7 nitrogen and oxygen atoms in total. The zero-order valence-corrected chi connectivity index (χ0v) is 11.2. The maximum Gasteiger partial charge on any atom is 0.334 e. The number of hydrogen-bond donors (Lipinski definition) is 0. The lowest BCUT2D eigenvalue weighted by molar-refractivity contribution is -0.452. The molecule has 0 N–H and O–H groups in total. The van der Waals surface area contributed by atoms with E-state index in [-0.39, 0.29) is 12.4 Å². The van der Waals surface area contributed by atoms with Crippen molar-refractivity contribution < 1.29 is 9.72 Å². The van der Waals surface area contributed by atoms with Gasteiger partial charge in [0.05, 0.1) is 6.54 Å². The molecule has 96 valence electrons. The van der Waals surface area contributed by atoms with Crippen LogP contribution >= 0.6 is 15.9 Å². The van der Waals surface area contributed by atoms with E-state index in [1.54, 1.807) is 18.3 Å². The Morgan fingerprint density at radius 3 is 2.78 bits per heavy atom. The van der Waals surface area contributed by atoms with Crippen LogP contribution in [0.3, 0.4) is 0 Å². The monoisotopic (exact) mass is 314 g/mol. The van der Waals surface area contributed by atoms with Crippen LogP contribution in [0.4, 0.5) is 0 Å². The maximum absolute atomic E-state index is 10.9. The van der Waals surface area contributed by atoms with E-state index in [1.807, 2.05) is 0 Å². The highest BCUT2D eigenvalue weighted by atomic mass is 79.9. The number of amides is 1. The molecule has 0 fully saturated rings. The first kappa shape index (κ1) is 14.1. The number of halogens is 1. The molecule has 1 aromatic rings. The van der Waals surface area contributed by atoms with Crippen LogP contribution in [-0.2, 0) is 11.3 Å². The van der Waals surface area contributed by atoms with Gasteiger partial charge in [-0.1, -0.05) is 6.07 Å². The molecule has 0 spiro atoms. The van der Waals surface area contributed by atoms with Crippen molar-refractivity contribution in [1.29, 1.82) is 0 Å². The lowest BCUT2D eigenvalue weighted by Crippen LogP contribution is -2.39. The van der Waals surface area contributed by atoms with Gasteiger partial charge in [-0.2, -0.15) is 10.0 Å². The molecule has 0 radical (unpaired) electrons. The third kappa shape index (κ3) is 3.52. The van der Waals surface area contributed by atoms with Gasteiger partial charge in [0.25, 0.3) is 0 Å². The average molecular weight is 315 g/mol. The average Bonchev–Trinajstić information content (AvgIpc) is 2.36. The van der Waals surface area contributed by atoms with Crippen molar-refractivity contribution in [2.24, 2.45) is 0 Å². The highest BCUT2D eigenvalue weighted by molar-refractivity contribution is 9.10. The molecule has 1 rings (SSSR count). The maximum atomic E-state index is 10.9. The minimum atomic E-state index is -0.656. The lowest BCUT2D eigenvalue weighted by atomic mass is 10.3. The molecular weight excluding hydrogens is 304 g/mol. The fraction of sp³-hybridized carbons (Fsp3) is 0.200. The summed E-state index contributed by atoms with van der Waals surface area (Å²) >= 11 is 3.19. The van der Waals surface area contributed by atoms with Crippen molar-refractivity contribution >= 4 is 22.3 Å². The van der Waals surface area contributed by atoms with Gasteiger partial charge in [0, 0.05) is 6.20 Å². The molecule has 0 aliphatic carbocycles. The number of nitrogens with zero attached hydrogens (tertiary/aromatic N) is 4. The second-order valence-corrected chi connectivity index (χ2v) is 4.20. The molecule has 0 saturated heterocycles. The second kappa shape index (κ2) is 6.10. The summed E-state index contributed by atoms with van der Waals surface area (Å²) in [6.45, 7) is 3.46. The number of hydrogen-bond acceptors (Lipinski definition) is 5. The highest BCUT2D eigenvalue weighted by Gasteiger charge is 2.21. The molecule has 1 heterocycles. The molecule has 0 aromatic carbocycles. The van der Waals surface area contributed by atoms with Crippen LogP contribution in [0, 0.1) is 10.1 Å². The first-order chi connectivity index (χ1) is 8.45. The van der Waals surface area contributed by atoms with Gasteiger partial charge >= 0.3 is 5.82 Å². The van der Waals surface area contributed by atoms with Gasteiger partial charge in [-0.05, 0) is 39.1 Å². The Kier molecular flexibility index (Phi) is 4.78. The number of aromatic nitrogens is 1. The molecule has 0 atom stereocenters. The third-order valence-electron chi connectivity index (χ3n) is 2.22. The summed E-state index contributed by atoms with van der Waals surface area (Å²) in [5.41, 5.74) is 0.744. The van der Waals surface area contributed by atoms with Crippen LogP contribution < -0.4 is 0 Å². The quantitative estimate of drug-likeness (QED) is 0.343. The number of nitro groups is 1. The Morgan fingerprint density at radius 2 is 2.33 bits per heavy atom. The molecule has 0 unspecified atom stereocenters. The summed E-state index contributed by atoms with van der Waals surface area (Å²) in [5.74, 6) is -0.382. The van der Waals surface area contributed by atoms with Crippen LogP contribution in [-0.4, -0.2) is 33.4 Å². The Bertz CT molecular complexity index is 463. The number of carbonyl (C=O) groups excluding carboxylic acids is 1. The molecule has 0 aliphatic heterocycles. The van der Waals surface area contributed by atoms with E-state index in [0.717, 1.165) is 15.6 Å². The standard InChI is InChI=1S/C10H11BrN4O3/c1-8(15(17)18)13(2)14(7-16)6-9-3-4-10(11)12-5-9/h3-5,7H,1,6H2,2H3. The smallest absolute Gasteiger partial charge is 0.334 e. The zero-order chi connectivity index (χ0) is 13.7. The van der Waals surface area contributed by atoms with Crippen molar-refractivity contribution in [3.63, 3.8) is 0 Å². The van der Waals surface area contributed by atoms with Crippen molar-refractivity contribution in [3.05, 3.63) is 51.0 Å². The summed E-state index contributed by atoms with van der Waals surface area (Å²) in [5, 5.41) is 12.8. The van der Waals surface area contributed by atoms with Gasteiger partial charge in [-0.25, -0.2) is 4.98 Å². The van der Waals surface area contributed by atoms with E-state index in [9.17, 15) is 14.9 Å². The Labute approximate surface area is 112 Å². The van der Waals surface area contributed by atoms with Gasteiger partial charge in [-0.15, -0.1) is 0 Å². The van der Waals surface area contributed by atoms with Crippen LogP contribution in [0.5, 0.6) is 0 Å². The van der Waals surface area contributed by atoms with Gasteiger partial charge in [0.2, 0.25) is 6.41 Å². The second-order valence-electron chi connectivity index (χ2n) is 3.39. The fourth-order valence-corrected chi connectivity index (χ4v) is 1.40. The zero-order valence-electron chi connectivity index (χ0n) is 9.62. The molecular formula is C10H11BrN4O3. The van der Waals surface area contributed by atoms with E-state index >= 15 is 0 Å². The number of rotatable bonds is 6. The highest BCUT2D eigenvalue weighted by Crippen LogP contribution is 2.11. The molecule has 18 heavy (non-hydrogen) atoms. The Morgan fingerprint density at radius 1 is 1.67 bits per heavy atom. The summed E-state index contributed by atoms with van der Waals surface area (Å²) < 4.78 is 0.673. The molecule has 8 heteroatoms. The largest absolute Gasteiger partial charge is 0.358 e. The van der Waals surface area contributed by atoms with Gasteiger partial charge in [0.1, 0.15) is 11.7 Å². The van der Waals surface area contributed by atoms with Gasteiger partial charge < -0.3 is 10.1 Å². The molecule has 0 bridgehead atoms. The normalized spacial score (nSPS) is 9.67. The fourth-order valence-electron chi connectivity index (χ4n) is 1.17. The first-order valence-corrected chi connectivity index (χ1v) is 5.64. The topological polar surface area (TPSA) is 79.6 Å². The minimum absolute atomic E-state index is 0.174. The van der Waals surface area contributed by atoms with E-state index in [1.165, 1.54) is 7.05 Å². The third-order valence-corrected chi connectivity index (χ3v) is 2.69. The molecule has 0 saturated carbocycles. The number of pyridine rings is 1. The van der Waals surface area contributed by atoms with Crippen LogP contribution in [0.1, 0.15) is 5.56 Å². The molecule has 0 aliphatic rings. The van der Waals surface area contributed by atoms with Crippen LogP contribution in [0.2, 0.25) is 0 Å². The minimum Gasteiger partial charge on any atom is -0.358 e. The molecule has 1 amide bonds. The van der Waals surface area contributed by atoms with E-state index in [4.69, 9.17) is 0 Å². The van der Waals surface area contributed by atoms with Gasteiger partial charge in [-0.3, -0.25) is 4.79 Å². The van der Waals surface area contributed by atoms with Gasteiger partial charge in [0.15, 0.2) is 0 Å². The first-order valence-electron chi connectivity index (χ1n) is 4.85.